The van der Waals surface area contributed by atoms with E-state index < -0.39 is 0 Å². The number of aliphatic hydroxyl groups is 1. The highest BCUT2D eigenvalue weighted by Crippen LogP contribution is 2.66. The molecule has 2 heteroatoms. The average molecular weight is 318 g/mol. The van der Waals surface area contributed by atoms with Gasteiger partial charge in [0, 0.05) is 6.04 Å². The van der Waals surface area contributed by atoms with Crippen LogP contribution in [-0.4, -0.2) is 17.3 Å². The van der Waals surface area contributed by atoms with Crippen molar-refractivity contribution in [3.8, 4) is 0 Å². The maximum atomic E-state index is 10.3. The second-order valence-corrected chi connectivity index (χ2v) is 9.73. The van der Waals surface area contributed by atoms with Crippen molar-refractivity contribution in [3.05, 3.63) is 11.6 Å². The van der Waals surface area contributed by atoms with Crippen molar-refractivity contribution in [3.63, 3.8) is 0 Å². The van der Waals surface area contributed by atoms with E-state index in [0.29, 0.717) is 22.8 Å². The molecule has 0 saturated heterocycles. The molecular weight excluding hydrogens is 282 g/mol. The first-order valence-electron chi connectivity index (χ1n) is 9.99. The number of fused-ring (bicyclic) bond motifs is 5. The Morgan fingerprint density at radius 3 is 2.65 bits per heavy atom. The van der Waals surface area contributed by atoms with Gasteiger partial charge in [-0.15, -0.1) is 0 Å². The summed E-state index contributed by atoms with van der Waals surface area (Å²) in [6, 6.07) is 0.394. The summed E-state index contributed by atoms with van der Waals surface area (Å²) in [5.74, 6) is 3.05. The molecule has 0 aromatic carbocycles. The lowest BCUT2D eigenvalue weighted by Crippen LogP contribution is -2.51. The molecule has 0 spiro atoms. The van der Waals surface area contributed by atoms with Crippen LogP contribution in [0.25, 0.3) is 0 Å². The van der Waals surface area contributed by atoms with Gasteiger partial charge in [0.25, 0.3) is 0 Å². The molecule has 2 nitrogen and oxygen atoms in total. The number of nitrogens with two attached hydrogens (primary N) is 1. The number of hydrogen-bond donors (Lipinski definition) is 2. The Labute approximate surface area is 141 Å². The van der Waals surface area contributed by atoms with Crippen LogP contribution in [0.2, 0.25) is 0 Å². The van der Waals surface area contributed by atoms with Gasteiger partial charge in [0.2, 0.25) is 0 Å². The molecule has 3 saturated carbocycles. The molecule has 0 amide bonds. The van der Waals surface area contributed by atoms with Crippen LogP contribution in [0, 0.1) is 34.5 Å². The Morgan fingerprint density at radius 2 is 1.91 bits per heavy atom. The number of hydrogen-bond acceptors (Lipinski definition) is 2. The van der Waals surface area contributed by atoms with Crippen molar-refractivity contribution < 1.29 is 5.11 Å². The molecule has 0 heterocycles. The highest BCUT2D eigenvalue weighted by molar-refractivity contribution is 5.25. The molecule has 0 aromatic rings. The molecule has 0 aliphatic heterocycles. The van der Waals surface area contributed by atoms with E-state index in [9.17, 15) is 5.11 Å². The highest BCUT2D eigenvalue weighted by Gasteiger charge is 2.59. The maximum Gasteiger partial charge on any atom is 0.0545 e. The fourth-order valence-corrected chi connectivity index (χ4v) is 7.52. The largest absolute Gasteiger partial charge is 0.393 e. The SMILES string of the molecule is C[C@@H](O)[C@H]1CC[C@H]2[C@@H]3CC=C4C[C@@H](N)CC[C@]4(C)[C@H]3CC[C@]12C. The molecule has 4 aliphatic rings. The Kier molecular flexibility index (Phi) is 3.74. The minimum Gasteiger partial charge on any atom is -0.393 e. The Morgan fingerprint density at radius 1 is 1.13 bits per heavy atom. The normalized spacial score (nSPS) is 53.8. The van der Waals surface area contributed by atoms with Crippen molar-refractivity contribution in [2.24, 2.45) is 40.2 Å². The van der Waals surface area contributed by atoms with Crippen molar-refractivity contribution >= 4 is 0 Å². The Balaban J connectivity index is 1.65. The zero-order valence-electron chi connectivity index (χ0n) is 15.2. The molecule has 0 radical (unpaired) electrons. The van der Waals surface area contributed by atoms with E-state index in [-0.39, 0.29) is 6.10 Å². The topological polar surface area (TPSA) is 46.2 Å². The molecule has 3 fully saturated rings. The molecular formula is C21H35NO. The fourth-order valence-electron chi connectivity index (χ4n) is 7.52. The third-order valence-corrected chi connectivity index (χ3v) is 8.80. The van der Waals surface area contributed by atoms with Crippen molar-refractivity contribution in [2.75, 3.05) is 0 Å². The molecule has 23 heavy (non-hydrogen) atoms. The van der Waals surface area contributed by atoms with Gasteiger partial charge in [-0.2, -0.15) is 0 Å². The van der Waals surface area contributed by atoms with Crippen molar-refractivity contribution in [1.82, 2.24) is 0 Å². The van der Waals surface area contributed by atoms with Crippen LogP contribution in [0.3, 0.4) is 0 Å². The molecule has 0 bridgehead atoms. The van der Waals surface area contributed by atoms with E-state index >= 15 is 0 Å². The average Bonchev–Trinajstić information content (AvgIpc) is 2.85. The van der Waals surface area contributed by atoms with Crippen molar-refractivity contribution in [1.29, 1.82) is 0 Å². The van der Waals surface area contributed by atoms with E-state index in [0.717, 1.165) is 24.2 Å². The lowest BCUT2D eigenvalue weighted by Gasteiger charge is -2.58. The number of rotatable bonds is 1. The van der Waals surface area contributed by atoms with E-state index in [1.165, 1.54) is 44.9 Å². The summed E-state index contributed by atoms with van der Waals surface area (Å²) in [6.45, 7) is 7.06. The van der Waals surface area contributed by atoms with Gasteiger partial charge in [-0.05, 0) is 92.8 Å². The van der Waals surface area contributed by atoms with Crippen LogP contribution in [0.5, 0.6) is 0 Å². The van der Waals surface area contributed by atoms with Crippen LogP contribution in [-0.2, 0) is 0 Å². The molecule has 4 rings (SSSR count). The molecule has 4 aliphatic carbocycles. The summed E-state index contributed by atoms with van der Waals surface area (Å²) in [7, 11) is 0. The smallest absolute Gasteiger partial charge is 0.0545 e. The molecule has 3 N–H and O–H groups in total. The van der Waals surface area contributed by atoms with E-state index in [4.69, 9.17) is 5.73 Å². The highest BCUT2D eigenvalue weighted by atomic mass is 16.3. The van der Waals surface area contributed by atoms with Gasteiger partial charge < -0.3 is 10.8 Å². The fraction of sp³-hybridized carbons (Fsp3) is 0.905. The van der Waals surface area contributed by atoms with Gasteiger partial charge >= 0.3 is 0 Å². The first-order chi connectivity index (χ1) is 10.9. The number of allylic oxidation sites excluding steroid dienone is 1. The molecule has 0 unspecified atom stereocenters. The maximum absolute atomic E-state index is 10.3. The third-order valence-electron chi connectivity index (χ3n) is 8.80. The summed E-state index contributed by atoms with van der Waals surface area (Å²) in [4.78, 5) is 0. The van der Waals surface area contributed by atoms with Crippen LogP contribution < -0.4 is 5.73 Å². The molecule has 8 atom stereocenters. The lowest BCUT2D eigenvalue weighted by molar-refractivity contribution is -0.0626. The lowest BCUT2D eigenvalue weighted by atomic mass is 9.47. The Hall–Kier alpha value is -0.340. The Bertz CT molecular complexity index is 512. The second kappa shape index (κ2) is 5.33. The van der Waals surface area contributed by atoms with E-state index in [1.807, 2.05) is 6.92 Å². The first-order valence-corrected chi connectivity index (χ1v) is 9.99. The summed E-state index contributed by atoms with van der Waals surface area (Å²) < 4.78 is 0. The second-order valence-electron chi connectivity index (χ2n) is 9.73. The first kappa shape index (κ1) is 16.1. The van der Waals surface area contributed by atoms with Gasteiger partial charge in [-0.1, -0.05) is 25.5 Å². The summed E-state index contributed by atoms with van der Waals surface area (Å²) in [5.41, 5.74) is 8.74. The summed E-state index contributed by atoms with van der Waals surface area (Å²) in [6.07, 6.45) is 12.6. The van der Waals surface area contributed by atoms with Gasteiger partial charge in [-0.3, -0.25) is 0 Å². The molecule has 130 valence electrons. The minimum atomic E-state index is -0.139. The molecule has 0 aromatic heterocycles. The van der Waals surface area contributed by atoms with E-state index in [2.05, 4.69) is 19.9 Å². The third kappa shape index (κ3) is 2.20. The van der Waals surface area contributed by atoms with Crippen LogP contribution in [0.1, 0.15) is 72.1 Å². The quantitative estimate of drug-likeness (QED) is 0.709. The van der Waals surface area contributed by atoms with Gasteiger partial charge in [-0.25, -0.2) is 0 Å². The van der Waals surface area contributed by atoms with Crippen LogP contribution in [0.15, 0.2) is 11.6 Å². The standard InChI is InChI=1S/C21H35NO/c1-13(23)17-6-7-18-16-5-4-14-12-15(22)8-10-20(14,2)19(16)9-11-21(17,18)3/h4,13,15-19,23H,5-12,22H2,1-3H3/t13-,15+,16+,17-,18+,19+,20+,21-/m1/s1. The number of aliphatic hydroxyl groups excluding tert-OH is 1. The van der Waals surface area contributed by atoms with Gasteiger partial charge in [0.15, 0.2) is 0 Å². The zero-order valence-corrected chi connectivity index (χ0v) is 15.2. The zero-order chi connectivity index (χ0) is 16.4. The predicted molar refractivity (Wildman–Crippen MR) is 94.8 cm³/mol. The van der Waals surface area contributed by atoms with Crippen LogP contribution >= 0.6 is 0 Å². The monoisotopic (exact) mass is 317 g/mol. The van der Waals surface area contributed by atoms with Gasteiger partial charge in [0.05, 0.1) is 6.10 Å². The van der Waals surface area contributed by atoms with Crippen molar-refractivity contribution in [2.45, 2.75) is 84.3 Å². The van der Waals surface area contributed by atoms with E-state index in [1.54, 1.807) is 5.57 Å². The van der Waals surface area contributed by atoms with Crippen LogP contribution in [0.4, 0.5) is 0 Å². The predicted octanol–water partition coefficient (Wildman–Crippen LogP) is 4.27. The minimum absolute atomic E-state index is 0.139. The summed E-state index contributed by atoms with van der Waals surface area (Å²) >= 11 is 0. The van der Waals surface area contributed by atoms with Gasteiger partial charge in [0.1, 0.15) is 0 Å². The summed E-state index contributed by atoms with van der Waals surface area (Å²) in [5, 5.41) is 10.3.